The molecular weight excluding hydrogens is 459 g/mol. The number of urea groups is 1. The number of halogens is 1. The average Bonchev–Trinajstić information content (AvgIpc) is 2.78. The van der Waals surface area contributed by atoms with E-state index in [0.29, 0.717) is 0 Å². The Bertz CT molecular complexity index is 879. The number of hydrogen-bond acceptors (Lipinski definition) is 7. The fraction of sp³-hybridized carbons (Fsp3) is 0.400. The van der Waals surface area contributed by atoms with Crippen LogP contribution in [0.5, 0.6) is 0 Å². The van der Waals surface area contributed by atoms with E-state index < -0.39 is 60.8 Å². The van der Waals surface area contributed by atoms with E-state index in [9.17, 15) is 33.2 Å². The summed E-state index contributed by atoms with van der Waals surface area (Å²) in [6.07, 6.45) is -1.92. The van der Waals surface area contributed by atoms with Crippen molar-refractivity contribution in [1.29, 1.82) is 0 Å². The van der Waals surface area contributed by atoms with E-state index >= 15 is 0 Å². The van der Waals surface area contributed by atoms with Gasteiger partial charge in [-0.15, -0.1) is 0 Å². The Labute approximate surface area is 193 Å². The van der Waals surface area contributed by atoms with Gasteiger partial charge in [-0.05, 0) is 37.1 Å². The van der Waals surface area contributed by atoms with Crippen molar-refractivity contribution < 1.29 is 48.1 Å². The van der Waals surface area contributed by atoms with Gasteiger partial charge in [-0.1, -0.05) is 0 Å². The lowest BCUT2D eigenvalue weighted by Gasteiger charge is -2.19. The van der Waals surface area contributed by atoms with Crippen LogP contribution in [0.4, 0.5) is 9.18 Å². The summed E-state index contributed by atoms with van der Waals surface area (Å²) >= 11 is 0. The summed E-state index contributed by atoms with van der Waals surface area (Å²) in [5, 5.41) is 26.8. The number of rotatable bonds is 15. The van der Waals surface area contributed by atoms with Crippen LogP contribution in [0.25, 0.3) is 0 Å². The maximum absolute atomic E-state index is 12.9. The number of amides is 4. The lowest BCUT2D eigenvalue weighted by atomic mass is 10.1. The molecule has 13 nitrogen and oxygen atoms in total. The first-order chi connectivity index (χ1) is 16.1. The third kappa shape index (κ3) is 11.4. The van der Waals surface area contributed by atoms with Gasteiger partial charge in [0, 0.05) is 24.9 Å². The van der Waals surface area contributed by atoms with Crippen molar-refractivity contribution in [2.24, 2.45) is 0 Å². The van der Waals surface area contributed by atoms with E-state index in [2.05, 4.69) is 26.0 Å². The lowest BCUT2D eigenvalue weighted by molar-refractivity contribution is -0.141. The fourth-order valence-corrected chi connectivity index (χ4v) is 2.53. The Morgan fingerprint density at radius 3 is 2.26 bits per heavy atom. The zero-order valence-corrected chi connectivity index (χ0v) is 17.9. The highest BCUT2D eigenvalue weighted by Crippen LogP contribution is 2.02. The van der Waals surface area contributed by atoms with Crippen molar-refractivity contribution in [1.82, 2.24) is 21.3 Å². The highest BCUT2D eigenvalue weighted by Gasteiger charge is 2.22. The average molecular weight is 484 g/mol. The molecule has 186 valence electrons. The summed E-state index contributed by atoms with van der Waals surface area (Å²) in [5.41, 5.74) is 0.253. The molecule has 0 saturated heterocycles. The van der Waals surface area contributed by atoms with Gasteiger partial charge >= 0.3 is 18.0 Å². The van der Waals surface area contributed by atoms with Crippen LogP contribution >= 0.6 is 0 Å². The van der Waals surface area contributed by atoms with Crippen molar-refractivity contribution in [3.05, 3.63) is 35.6 Å². The minimum absolute atomic E-state index is 0.0420. The molecule has 0 heterocycles. The number of ether oxygens (including phenoxy) is 1. The van der Waals surface area contributed by atoms with E-state index in [1.807, 2.05) is 0 Å². The van der Waals surface area contributed by atoms with Gasteiger partial charge in [0.15, 0.2) is 6.23 Å². The van der Waals surface area contributed by atoms with Crippen LogP contribution in [0.1, 0.15) is 36.0 Å². The molecule has 0 aliphatic heterocycles. The van der Waals surface area contributed by atoms with Crippen LogP contribution in [0.3, 0.4) is 0 Å². The lowest BCUT2D eigenvalue weighted by Crippen LogP contribution is -2.51. The standard InChI is InChI=1S/C20H25FN4O9/c21-13-5-3-12(4-6-13)18(30)22-9-1-2-15(27)25-16(34-11-26)10-23-20(33)24-14(19(31)32)7-8-17(28)29/h3-6,11,14,16H,1-2,7-10H2,(H,22,30)(H,25,27)(H,28,29)(H,31,32)(H2,23,24,33)/t14-,16+/m0/s1. The molecule has 1 aromatic rings. The molecule has 0 aromatic heterocycles. The Morgan fingerprint density at radius 1 is 1.00 bits per heavy atom. The van der Waals surface area contributed by atoms with E-state index in [4.69, 9.17) is 10.2 Å². The Hall–Kier alpha value is -4.23. The summed E-state index contributed by atoms with van der Waals surface area (Å²) in [5.74, 6) is -4.15. The molecular formula is C20H25FN4O9. The predicted molar refractivity (Wildman–Crippen MR) is 112 cm³/mol. The first-order valence-electron chi connectivity index (χ1n) is 10.0. The van der Waals surface area contributed by atoms with Crippen molar-refractivity contribution >= 4 is 36.3 Å². The molecule has 2 atom stereocenters. The molecule has 1 aromatic carbocycles. The monoisotopic (exact) mass is 484 g/mol. The van der Waals surface area contributed by atoms with Crippen molar-refractivity contribution in [3.8, 4) is 0 Å². The van der Waals surface area contributed by atoms with Crippen LogP contribution in [0.15, 0.2) is 24.3 Å². The highest BCUT2D eigenvalue weighted by molar-refractivity contribution is 5.94. The largest absolute Gasteiger partial charge is 0.481 e. The number of carboxylic acid groups (broad SMARTS) is 2. The molecule has 6 N–H and O–H groups in total. The number of carbonyl (C=O) groups is 6. The van der Waals surface area contributed by atoms with Gasteiger partial charge in [0.1, 0.15) is 11.9 Å². The van der Waals surface area contributed by atoms with E-state index in [0.717, 1.165) is 12.1 Å². The van der Waals surface area contributed by atoms with Crippen LogP contribution in [0, 0.1) is 5.82 Å². The molecule has 0 unspecified atom stereocenters. The summed E-state index contributed by atoms with van der Waals surface area (Å²) in [6, 6.07) is 2.47. The maximum Gasteiger partial charge on any atom is 0.326 e. The molecule has 0 aliphatic carbocycles. The Balaban J connectivity index is 2.38. The number of nitrogens with one attached hydrogen (secondary N) is 4. The van der Waals surface area contributed by atoms with E-state index in [1.54, 1.807) is 0 Å². The van der Waals surface area contributed by atoms with Gasteiger partial charge in [-0.3, -0.25) is 19.2 Å². The van der Waals surface area contributed by atoms with Crippen molar-refractivity contribution in [2.75, 3.05) is 13.1 Å². The second-order valence-corrected chi connectivity index (χ2v) is 6.83. The third-order valence-corrected chi connectivity index (χ3v) is 4.21. The summed E-state index contributed by atoms with van der Waals surface area (Å²) in [7, 11) is 0. The number of carboxylic acids is 2. The summed E-state index contributed by atoms with van der Waals surface area (Å²) in [6.45, 7) is -0.223. The SMILES string of the molecule is O=CO[C@H](CNC(=O)N[C@@H](CCC(=O)O)C(=O)O)NC(=O)CCCNC(=O)c1ccc(F)cc1. The summed E-state index contributed by atoms with van der Waals surface area (Å²) < 4.78 is 17.5. The topological polar surface area (TPSA) is 200 Å². The Kier molecular flexibility index (Phi) is 12.1. The minimum Gasteiger partial charge on any atom is -0.481 e. The van der Waals surface area contributed by atoms with Crippen molar-refractivity contribution in [2.45, 2.75) is 38.0 Å². The molecule has 1 rings (SSSR count). The minimum atomic E-state index is -1.46. The zero-order valence-electron chi connectivity index (χ0n) is 17.9. The van der Waals surface area contributed by atoms with Gasteiger partial charge in [-0.2, -0.15) is 0 Å². The predicted octanol–water partition coefficient (Wildman–Crippen LogP) is -0.432. The molecule has 0 fully saturated rings. The van der Waals surface area contributed by atoms with E-state index in [1.165, 1.54) is 12.1 Å². The number of benzene rings is 1. The van der Waals surface area contributed by atoms with E-state index in [-0.39, 0.29) is 37.8 Å². The summed E-state index contributed by atoms with van der Waals surface area (Å²) in [4.78, 5) is 68.1. The van der Waals surface area contributed by atoms with Crippen LogP contribution in [0.2, 0.25) is 0 Å². The quantitative estimate of drug-likeness (QED) is 0.108. The molecule has 34 heavy (non-hydrogen) atoms. The molecule has 4 amide bonds. The highest BCUT2D eigenvalue weighted by atomic mass is 19.1. The van der Waals surface area contributed by atoms with Gasteiger partial charge in [0.25, 0.3) is 12.4 Å². The molecule has 0 aliphatic rings. The van der Waals surface area contributed by atoms with Crippen molar-refractivity contribution in [3.63, 3.8) is 0 Å². The maximum atomic E-state index is 12.9. The Morgan fingerprint density at radius 2 is 1.68 bits per heavy atom. The second kappa shape index (κ2) is 14.8. The smallest absolute Gasteiger partial charge is 0.326 e. The molecule has 0 spiro atoms. The molecule has 0 radical (unpaired) electrons. The van der Waals surface area contributed by atoms with Gasteiger partial charge in [0.05, 0.1) is 6.54 Å². The second-order valence-electron chi connectivity index (χ2n) is 6.83. The van der Waals surface area contributed by atoms with Crippen LogP contribution in [-0.2, 0) is 23.9 Å². The zero-order chi connectivity index (χ0) is 25.5. The van der Waals surface area contributed by atoms with Crippen LogP contribution < -0.4 is 21.3 Å². The first-order valence-corrected chi connectivity index (χ1v) is 10.0. The molecule has 14 heteroatoms. The van der Waals surface area contributed by atoms with Gasteiger partial charge in [-0.25, -0.2) is 14.0 Å². The number of aliphatic carboxylic acids is 2. The van der Waals surface area contributed by atoms with Gasteiger partial charge < -0.3 is 36.2 Å². The van der Waals surface area contributed by atoms with Crippen LogP contribution in [-0.4, -0.2) is 71.8 Å². The van der Waals surface area contributed by atoms with Gasteiger partial charge in [0.2, 0.25) is 5.91 Å². The normalized spacial score (nSPS) is 11.9. The number of hydrogen-bond donors (Lipinski definition) is 6. The molecule has 0 bridgehead atoms. The molecule has 0 saturated carbocycles. The number of carbonyl (C=O) groups excluding carboxylic acids is 4. The first kappa shape index (κ1) is 27.8. The fourth-order valence-electron chi connectivity index (χ4n) is 2.53. The third-order valence-electron chi connectivity index (χ3n) is 4.21.